The van der Waals surface area contributed by atoms with Crippen LogP contribution in [0.1, 0.15) is 0 Å². The first-order valence-corrected chi connectivity index (χ1v) is 5.87. The van der Waals surface area contributed by atoms with E-state index in [1.165, 1.54) is 6.07 Å². The van der Waals surface area contributed by atoms with Gasteiger partial charge in [0.05, 0.1) is 10.6 Å². The fraction of sp³-hybridized carbons (Fsp3) is 0. The smallest absolute Gasteiger partial charge is 0.258 e. The van der Waals surface area contributed by atoms with Crippen molar-refractivity contribution < 1.29 is 4.92 Å². The van der Waals surface area contributed by atoms with Crippen molar-refractivity contribution in [3.8, 4) is 0 Å². The molecule has 0 unspecified atom stereocenters. The summed E-state index contributed by atoms with van der Waals surface area (Å²) in [7, 11) is 0. The topological polar surface area (TPSA) is 67.9 Å². The Morgan fingerprint density at radius 2 is 1.72 bits per heavy atom. The van der Waals surface area contributed by atoms with Gasteiger partial charge in [-0.2, -0.15) is 5.11 Å². The van der Waals surface area contributed by atoms with Crippen LogP contribution < -0.4 is 0 Å². The average Bonchev–Trinajstić information content (AvgIpc) is 2.38. The average molecular weight is 306 g/mol. The number of nitro benzene ring substituents is 1. The van der Waals surface area contributed by atoms with Crippen LogP contribution in [-0.4, -0.2) is 4.92 Å². The Kier molecular flexibility index (Phi) is 3.78. The first-order chi connectivity index (χ1) is 8.68. The summed E-state index contributed by atoms with van der Waals surface area (Å²) in [5.41, 5.74) is 1.09. The Balaban J connectivity index is 2.33. The second-order valence-corrected chi connectivity index (χ2v) is 4.20. The number of benzene rings is 2. The Bertz CT molecular complexity index is 600. The molecule has 0 saturated carbocycles. The van der Waals surface area contributed by atoms with Crippen LogP contribution in [0.5, 0.6) is 0 Å². The minimum Gasteiger partial charge on any atom is -0.258 e. The quantitative estimate of drug-likeness (QED) is 0.465. The highest BCUT2D eigenvalue weighted by molar-refractivity contribution is 9.10. The first kappa shape index (κ1) is 12.4. The molecule has 0 amide bonds. The normalized spacial score (nSPS) is 10.7. The third kappa shape index (κ3) is 2.78. The van der Waals surface area contributed by atoms with E-state index in [1.807, 2.05) is 18.2 Å². The van der Waals surface area contributed by atoms with E-state index in [0.29, 0.717) is 15.8 Å². The third-order valence-corrected chi connectivity index (χ3v) is 3.00. The maximum absolute atomic E-state index is 10.8. The van der Waals surface area contributed by atoms with Crippen LogP contribution in [0.4, 0.5) is 17.1 Å². The van der Waals surface area contributed by atoms with Crippen molar-refractivity contribution in [2.45, 2.75) is 0 Å². The van der Waals surface area contributed by atoms with Gasteiger partial charge in [0.25, 0.3) is 5.69 Å². The van der Waals surface area contributed by atoms with Crippen molar-refractivity contribution in [1.29, 1.82) is 0 Å². The fourth-order valence-corrected chi connectivity index (χ4v) is 1.82. The van der Waals surface area contributed by atoms with Crippen molar-refractivity contribution in [2.24, 2.45) is 10.2 Å². The van der Waals surface area contributed by atoms with Crippen LogP contribution in [0, 0.1) is 10.1 Å². The Labute approximate surface area is 111 Å². The fourth-order valence-electron chi connectivity index (χ4n) is 1.33. The third-order valence-electron chi connectivity index (χ3n) is 2.18. The van der Waals surface area contributed by atoms with Crippen molar-refractivity contribution in [2.75, 3.05) is 0 Å². The van der Waals surface area contributed by atoms with Crippen LogP contribution in [-0.2, 0) is 0 Å². The summed E-state index contributed by atoms with van der Waals surface area (Å²) in [6, 6.07) is 13.8. The molecular weight excluding hydrogens is 298 g/mol. The van der Waals surface area contributed by atoms with E-state index in [1.54, 1.807) is 24.3 Å². The molecule has 0 aromatic heterocycles. The van der Waals surface area contributed by atoms with Gasteiger partial charge in [-0.15, -0.1) is 5.11 Å². The van der Waals surface area contributed by atoms with Crippen molar-refractivity contribution in [3.05, 3.63) is 63.1 Å². The van der Waals surface area contributed by atoms with Gasteiger partial charge in [0.15, 0.2) is 0 Å². The molecule has 0 radical (unpaired) electrons. The second-order valence-electron chi connectivity index (χ2n) is 3.40. The monoisotopic (exact) mass is 305 g/mol. The number of hydrogen-bond acceptors (Lipinski definition) is 4. The summed E-state index contributed by atoms with van der Waals surface area (Å²) in [5.74, 6) is 0. The lowest BCUT2D eigenvalue weighted by atomic mass is 10.3. The number of nitrogens with zero attached hydrogens (tertiary/aromatic N) is 3. The SMILES string of the molecule is O=[N+]([O-])c1cccc(N=Nc2ccccc2)c1Br. The van der Waals surface area contributed by atoms with E-state index in [9.17, 15) is 10.1 Å². The van der Waals surface area contributed by atoms with Gasteiger partial charge in [-0.1, -0.05) is 24.3 Å². The Hall–Kier alpha value is -2.08. The number of hydrogen-bond donors (Lipinski definition) is 0. The van der Waals surface area contributed by atoms with Gasteiger partial charge in [0.2, 0.25) is 0 Å². The molecule has 2 aromatic carbocycles. The highest BCUT2D eigenvalue weighted by Crippen LogP contribution is 2.34. The molecule has 0 aliphatic rings. The van der Waals surface area contributed by atoms with E-state index in [0.717, 1.165) is 0 Å². The van der Waals surface area contributed by atoms with Crippen molar-refractivity contribution in [1.82, 2.24) is 0 Å². The molecule has 6 heteroatoms. The van der Waals surface area contributed by atoms with Gasteiger partial charge in [-0.3, -0.25) is 10.1 Å². The second kappa shape index (κ2) is 5.50. The van der Waals surface area contributed by atoms with E-state index in [2.05, 4.69) is 26.2 Å². The molecule has 5 nitrogen and oxygen atoms in total. The molecule has 0 spiro atoms. The van der Waals surface area contributed by atoms with E-state index >= 15 is 0 Å². The summed E-state index contributed by atoms with van der Waals surface area (Å²) in [6.07, 6.45) is 0. The van der Waals surface area contributed by atoms with Crippen LogP contribution in [0.15, 0.2) is 63.2 Å². The minimum absolute atomic E-state index is 0.0282. The molecule has 0 aliphatic carbocycles. The molecule has 0 fully saturated rings. The highest BCUT2D eigenvalue weighted by Gasteiger charge is 2.14. The first-order valence-electron chi connectivity index (χ1n) is 5.08. The summed E-state index contributed by atoms with van der Waals surface area (Å²) < 4.78 is 0.328. The molecule has 0 saturated heterocycles. The summed E-state index contributed by atoms with van der Waals surface area (Å²) in [5, 5.41) is 18.8. The molecule has 2 rings (SSSR count). The van der Waals surface area contributed by atoms with E-state index in [4.69, 9.17) is 0 Å². The van der Waals surface area contributed by atoms with Gasteiger partial charge in [-0.25, -0.2) is 0 Å². The molecule has 0 bridgehead atoms. The Morgan fingerprint density at radius 1 is 1.00 bits per heavy atom. The van der Waals surface area contributed by atoms with Gasteiger partial charge in [0.1, 0.15) is 10.2 Å². The number of rotatable bonds is 3. The molecule has 0 N–H and O–H groups in total. The zero-order valence-electron chi connectivity index (χ0n) is 9.15. The molecule has 90 valence electrons. The maximum Gasteiger partial charge on any atom is 0.285 e. The number of azo groups is 1. The molecule has 18 heavy (non-hydrogen) atoms. The summed E-state index contributed by atoms with van der Waals surface area (Å²) in [6.45, 7) is 0. The summed E-state index contributed by atoms with van der Waals surface area (Å²) >= 11 is 3.16. The number of nitro groups is 1. The maximum atomic E-state index is 10.8. The molecule has 0 atom stereocenters. The predicted octanol–water partition coefficient (Wildman–Crippen LogP) is 4.77. The van der Waals surface area contributed by atoms with Crippen LogP contribution >= 0.6 is 15.9 Å². The van der Waals surface area contributed by atoms with Crippen molar-refractivity contribution in [3.63, 3.8) is 0 Å². The Morgan fingerprint density at radius 3 is 2.39 bits per heavy atom. The van der Waals surface area contributed by atoms with Gasteiger partial charge in [0, 0.05) is 6.07 Å². The zero-order chi connectivity index (χ0) is 13.0. The van der Waals surface area contributed by atoms with Crippen LogP contribution in [0.3, 0.4) is 0 Å². The predicted molar refractivity (Wildman–Crippen MR) is 71.4 cm³/mol. The van der Waals surface area contributed by atoms with E-state index in [-0.39, 0.29) is 5.69 Å². The largest absolute Gasteiger partial charge is 0.285 e. The van der Waals surface area contributed by atoms with Crippen LogP contribution in [0.2, 0.25) is 0 Å². The van der Waals surface area contributed by atoms with Gasteiger partial charge >= 0.3 is 0 Å². The highest BCUT2D eigenvalue weighted by atomic mass is 79.9. The van der Waals surface area contributed by atoms with E-state index < -0.39 is 4.92 Å². The van der Waals surface area contributed by atoms with Gasteiger partial charge in [-0.05, 0) is 34.1 Å². The molecule has 2 aromatic rings. The van der Waals surface area contributed by atoms with Crippen molar-refractivity contribution >= 4 is 33.0 Å². The van der Waals surface area contributed by atoms with Crippen LogP contribution in [0.25, 0.3) is 0 Å². The zero-order valence-corrected chi connectivity index (χ0v) is 10.7. The molecule has 0 heterocycles. The summed E-state index contributed by atoms with van der Waals surface area (Å²) in [4.78, 5) is 10.3. The number of halogens is 1. The lowest BCUT2D eigenvalue weighted by Crippen LogP contribution is -1.88. The lowest BCUT2D eigenvalue weighted by molar-refractivity contribution is -0.385. The molecule has 0 aliphatic heterocycles. The minimum atomic E-state index is -0.467. The molecular formula is C12H8BrN3O2. The standard InChI is InChI=1S/C12H8BrN3O2/c13-12-10(7-4-8-11(12)16(17)18)15-14-9-5-2-1-3-6-9/h1-8H. The van der Waals surface area contributed by atoms with Gasteiger partial charge < -0.3 is 0 Å². The lowest BCUT2D eigenvalue weighted by Gasteiger charge is -1.98.